The van der Waals surface area contributed by atoms with Crippen LogP contribution in [0.2, 0.25) is 0 Å². The number of hydrogen-bond donors (Lipinski definition) is 0. The zero-order valence-electron chi connectivity index (χ0n) is 73.2. The Hall–Kier alpha value is -10.7. The van der Waals surface area contributed by atoms with Crippen LogP contribution in [0.15, 0.2) is 159 Å². The van der Waals surface area contributed by atoms with Gasteiger partial charge in [-0.25, -0.2) is 38.0 Å². The van der Waals surface area contributed by atoms with Gasteiger partial charge in [0.2, 0.25) is 0 Å². The molecular weight excluding hydrogens is 1570 g/mol. The first-order chi connectivity index (χ1) is 60.7. The summed E-state index contributed by atoms with van der Waals surface area (Å²) >= 11 is 1.72. The summed E-state index contributed by atoms with van der Waals surface area (Å²) in [6.45, 7) is 32.0. The number of nitrogens with zero attached hydrogens (tertiary/aromatic N) is 28. The maximum Gasteiger partial charge on any atom is 0.162 e. The highest BCUT2D eigenvalue weighted by Crippen LogP contribution is 2.39. The molecule has 14 aromatic rings. The van der Waals surface area contributed by atoms with Crippen LogP contribution >= 0.6 is 11.3 Å². The third-order valence-electron chi connectivity index (χ3n) is 28.0. The van der Waals surface area contributed by atoms with Gasteiger partial charge >= 0.3 is 0 Å². The first-order valence-corrected chi connectivity index (χ1v) is 46.1. The molecule has 0 radical (unpaired) electrons. The number of thiophene rings is 1. The number of aromatic nitrogens is 16. The van der Waals surface area contributed by atoms with Crippen molar-refractivity contribution >= 4 is 83.9 Å². The Morgan fingerprint density at radius 3 is 1.17 bits per heavy atom. The molecular formula is C95H118N28S. The smallest absolute Gasteiger partial charge is 0.162 e. The van der Waals surface area contributed by atoms with Crippen LogP contribution < -0.4 is 19.6 Å². The Balaban J connectivity index is 0.000000105. The molecule has 0 N–H and O–H groups in total. The van der Waals surface area contributed by atoms with E-state index < -0.39 is 0 Å². The van der Waals surface area contributed by atoms with Gasteiger partial charge < -0.3 is 43.8 Å². The quantitative estimate of drug-likeness (QED) is 0.112. The summed E-state index contributed by atoms with van der Waals surface area (Å²) < 4.78 is 11.0. The number of hydrogen-bond acceptors (Lipinski definition) is 24. The lowest BCUT2D eigenvalue weighted by Gasteiger charge is -2.42. The van der Waals surface area contributed by atoms with Crippen LogP contribution in [0.25, 0.3) is 94.3 Å². The van der Waals surface area contributed by atoms with E-state index in [1.807, 2.05) is 94.0 Å². The first-order valence-electron chi connectivity index (χ1n) is 45.3. The average molecular weight is 1680 g/mol. The number of benzene rings is 1. The minimum absolute atomic E-state index is 0.713. The maximum atomic E-state index is 4.89. The lowest BCUT2D eigenvalue weighted by atomic mass is 10.0. The predicted molar refractivity (Wildman–Crippen MR) is 498 cm³/mol. The van der Waals surface area contributed by atoms with Crippen LogP contribution in [-0.2, 0) is 13.5 Å². The molecule has 124 heavy (non-hydrogen) atoms. The van der Waals surface area contributed by atoms with Gasteiger partial charge in [-0.05, 0) is 152 Å². The van der Waals surface area contributed by atoms with Gasteiger partial charge in [-0.1, -0.05) is 24.3 Å². The fourth-order valence-electron chi connectivity index (χ4n) is 20.4. The van der Waals surface area contributed by atoms with Gasteiger partial charge in [0, 0.05) is 270 Å². The summed E-state index contributed by atoms with van der Waals surface area (Å²) in [5.41, 5.74) is 23.8. The molecule has 0 bridgehead atoms. The highest BCUT2D eigenvalue weighted by Gasteiger charge is 2.33. The Morgan fingerprint density at radius 1 is 0.347 bits per heavy atom. The number of anilines is 4. The standard InChI is InChI=1S/C27H33N7.C24H29N7.C23H27N7S.C21H29N7/c1-19-4-5-23-24(15-20(2)30-26(23)14-19)25-17-29-34-18-22(16-28-27(25)34)32-8-6-21(7-9-32)33-12-10-31(3)11-13-33;1-28-11-13-30(14-12-28)18-6-9-29(10-7-18)19-15-26-24-22(16-27-31(24)17-19)20-5-8-25-23-4-2-3-21(20)23;1-27-9-11-29(12-10-27)17-3-7-28(8-4-17)18-14-25-23-20(15-26-30(23)16-18)19-2-6-24-21-5-13-31-22(19)21;1-24-9-11-27(12-10-24)18-4-7-26(8-5-18)19-13-22-21-20(14-23-28(21)16-19)17-3-6-25(2)15-17/h4-5,14-18,21H,6-13H2,1-3H3;2-3,5,8,15-18H,4,6-7,9-14H2,1H3;2,5-6,13-17H,3-4,7-12H2,1H3;3,6,13-16,18H,4-5,7-12H2,1-2H3. The van der Waals surface area contributed by atoms with Crippen LogP contribution in [0, 0.1) is 13.8 Å². The van der Waals surface area contributed by atoms with Crippen molar-refractivity contribution < 1.29 is 0 Å². The number of aryl methyl sites for hydroxylation is 3. The third-order valence-corrected chi connectivity index (χ3v) is 29.0. The SMILES string of the molecule is CN1CCN(C2CCN(c3cnc4c(-c5ccn(C)c5)cnn4c3)CC2)CC1.CN1CCN(C2CCN(c3cnc4c(-c5ccnc6c5C=CC6)cnn4c3)CC2)CC1.CN1CCN(C2CCN(c3cnc4c(-c5ccnc6ccsc56)cnn4c3)CC2)CC1.Cc1ccc2c(-c3cnn4cc(N5CCC(N6CCN(C)CC6)CC5)cnc34)cc(C)nc2c1. The molecule has 0 atom stereocenters. The minimum atomic E-state index is 0.713. The van der Waals surface area contributed by atoms with E-state index in [1.54, 1.807) is 11.3 Å². The van der Waals surface area contributed by atoms with Crippen LogP contribution in [0.3, 0.4) is 0 Å². The lowest BCUT2D eigenvalue weighted by Crippen LogP contribution is -2.52. The van der Waals surface area contributed by atoms with Gasteiger partial charge in [0.1, 0.15) is 0 Å². The average Bonchev–Trinajstić information content (AvgIpc) is 1.54. The Bertz CT molecular complexity index is 6050. The number of allylic oxidation sites excluding steroid dienone is 1. The monoisotopic (exact) mass is 1680 g/mol. The van der Waals surface area contributed by atoms with Gasteiger partial charge in [0.15, 0.2) is 22.6 Å². The summed E-state index contributed by atoms with van der Waals surface area (Å²) in [7, 11) is 10.9. The molecule has 28 nitrogen and oxygen atoms in total. The normalized spacial score (nSPS) is 19.8. The van der Waals surface area contributed by atoms with Gasteiger partial charge in [0.05, 0.1) is 119 Å². The molecule has 29 heteroatoms. The molecule has 0 unspecified atom stereocenters. The van der Waals surface area contributed by atoms with E-state index in [1.165, 1.54) is 189 Å². The highest BCUT2D eigenvalue weighted by molar-refractivity contribution is 7.17. The zero-order valence-corrected chi connectivity index (χ0v) is 74.0. The van der Waals surface area contributed by atoms with Gasteiger partial charge in [-0.3, -0.25) is 34.6 Å². The van der Waals surface area contributed by atoms with E-state index in [0.29, 0.717) is 6.04 Å². The molecule has 644 valence electrons. The van der Waals surface area contributed by atoms with Gasteiger partial charge in [-0.15, -0.1) is 11.3 Å². The summed E-state index contributed by atoms with van der Waals surface area (Å²) in [6.07, 6.45) is 47.3. The topological polar surface area (TPSA) is 203 Å². The molecule has 13 aromatic heterocycles. The summed E-state index contributed by atoms with van der Waals surface area (Å²) in [4.78, 5) is 63.4. The molecule has 1 aliphatic carbocycles. The number of pyridine rings is 3. The van der Waals surface area contributed by atoms with Crippen molar-refractivity contribution in [1.29, 1.82) is 0 Å². The van der Waals surface area contributed by atoms with E-state index in [4.69, 9.17) is 30.0 Å². The van der Waals surface area contributed by atoms with Crippen LogP contribution in [0.4, 0.5) is 22.7 Å². The Morgan fingerprint density at radius 2 is 0.742 bits per heavy atom. The van der Waals surface area contributed by atoms with E-state index in [-0.39, 0.29) is 0 Å². The second-order valence-corrected chi connectivity index (χ2v) is 36.9. The van der Waals surface area contributed by atoms with Crippen LogP contribution in [0.5, 0.6) is 0 Å². The molecule has 0 saturated carbocycles. The maximum absolute atomic E-state index is 4.89. The largest absolute Gasteiger partial charge is 0.369 e. The van der Waals surface area contributed by atoms with Crippen LogP contribution in [0.1, 0.15) is 73.9 Å². The zero-order chi connectivity index (χ0) is 83.9. The number of fused-ring (bicyclic) bond motifs is 7. The number of piperidine rings is 4. The number of rotatable bonds is 12. The molecule has 1 aromatic carbocycles. The summed E-state index contributed by atoms with van der Waals surface area (Å²) in [5, 5.41) is 21.8. The van der Waals surface area contributed by atoms with Crippen molar-refractivity contribution in [3.05, 3.63) is 182 Å². The third kappa shape index (κ3) is 17.3. The fraction of sp³-hybridized carbons (Fsp3) is 0.463. The molecule has 8 fully saturated rings. The Labute approximate surface area is 730 Å². The van der Waals surface area contributed by atoms with Crippen molar-refractivity contribution in [2.24, 2.45) is 7.05 Å². The minimum Gasteiger partial charge on any atom is -0.369 e. The predicted octanol–water partition coefficient (Wildman–Crippen LogP) is 11.5. The molecule has 0 spiro atoms. The van der Waals surface area contributed by atoms with E-state index in [9.17, 15) is 0 Å². The van der Waals surface area contributed by atoms with E-state index >= 15 is 0 Å². The van der Waals surface area contributed by atoms with Crippen molar-refractivity contribution in [3.63, 3.8) is 0 Å². The summed E-state index contributed by atoms with van der Waals surface area (Å²) in [5.74, 6) is 0. The molecule has 0 amide bonds. The van der Waals surface area contributed by atoms with E-state index in [0.717, 1.165) is 178 Å². The lowest BCUT2D eigenvalue weighted by molar-refractivity contribution is 0.0982. The van der Waals surface area contributed by atoms with Crippen molar-refractivity contribution in [2.45, 2.75) is 95.8 Å². The second kappa shape index (κ2) is 36.1. The first kappa shape index (κ1) is 81.6. The molecule has 9 aliphatic rings. The molecule has 8 aliphatic heterocycles. The summed E-state index contributed by atoms with van der Waals surface area (Å²) in [6, 6.07) is 19.8. The van der Waals surface area contributed by atoms with Crippen LogP contribution in [-0.4, -0.2) is 327 Å². The molecule has 8 saturated heterocycles. The molecule has 21 heterocycles. The number of likely N-dealkylation sites (N-methyl/N-ethyl adjacent to an activating group) is 4. The van der Waals surface area contributed by atoms with E-state index in [2.05, 4.69) is 227 Å². The second-order valence-electron chi connectivity index (χ2n) is 36.0. The van der Waals surface area contributed by atoms with Crippen molar-refractivity contribution in [1.82, 2.24) is 117 Å². The number of piperazine rings is 4. The van der Waals surface area contributed by atoms with Gasteiger partial charge in [-0.2, -0.15) is 20.4 Å². The van der Waals surface area contributed by atoms with Crippen molar-refractivity contribution in [2.75, 3.05) is 205 Å². The Kier molecular flexibility index (Phi) is 23.7. The highest BCUT2D eigenvalue weighted by atomic mass is 32.1. The fourth-order valence-corrected chi connectivity index (χ4v) is 21.3. The van der Waals surface area contributed by atoms with Gasteiger partial charge in [0.25, 0.3) is 0 Å². The molecule has 23 rings (SSSR count). The van der Waals surface area contributed by atoms with Crippen molar-refractivity contribution in [3.8, 4) is 44.5 Å².